The van der Waals surface area contributed by atoms with Gasteiger partial charge in [-0.3, -0.25) is 4.79 Å². The average molecular weight is 290 g/mol. The van der Waals surface area contributed by atoms with Crippen LogP contribution in [-0.2, 0) is 4.79 Å². The standard InChI is InChI=1S/C13H17F3N2O2/c1-9(2)18(3)12(19)8-17-10-6-4-5-7-11(10)20-13(14,15)16/h4-7,9,17H,8H2,1-3H3. The Bertz CT molecular complexity index is 461. The number of alkyl halides is 3. The zero-order chi connectivity index (χ0) is 15.3. The number of carbonyl (C=O) groups excluding carboxylic acids is 1. The number of hydrogen-bond donors (Lipinski definition) is 1. The maximum atomic E-state index is 12.2. The molecule has 0 atom stereocenters. The summed E-state index contributed by atoms with van der Waals surface area (Å²) in [5.41, 5.74) is 0.121. The lowest BCUT2D eigenvalue weighted by Gasteiger charge is -2.22. The number of para-hydroxylation sites is 2. The predicted molar refractivity (Wildman–Crippen MR) is 69.5 cm³/mol. The molecular formula is C13H17F3N2O2. The van der Waals surface area contributed by atoms with Gasteiger partial charge in [0, 0.05) is 13.1 Å². The van der Waals surface area contributed by atoms with Gasteiger partial charge < -0.3 is 15.0 Å². The molecular weight excluding hydrogens is 273 g/mol. The number of rotatable bonds is 5. The van der Waals surface area contributed by atoms with Gasteiger partial charge in [0.05, 0.1) is 12.2 Å². The third-order valence-electron chi connectivity index (χ3n) is 2.71. The van der Waals surface area contributed by atoms with Crippen LogP contribution < -0.4 is 10.1 Å². The van der Waals surface area contributed by atoms with Gasteiger partial charge in [-0.15, -0.1) is 13.2 Å². The van der Waals surface area contributed by atoms with Crippen molar-refractivity contribution in [1.82, 2.24) is 4.90 Å². The molecule has 1 aromatic carbocycles. The van der Waals surface area contributed by atoms with E-state index in [2.05, 4.69) is 10.1 Å². The summed E-state index contributed by atoms with van der Waals surface area (Å²) >= 11 is 0. The van der Waals surface area contributed by atoms with Crippen LogP contribution in [-0.4, -0.2) is 36.8 Å². The number of likely N-dealkylation sites (N-methyl/N-ethyl adjacent to an activating group) is 1. The number of ether oxygens (including phenoxy) is 1. The number of amides is 1. The van der Waals surface area contributed by atoms with Gasteiger partial charge in [0.2, 0.25) is 5.91 Å². The minimum Gasteiger partial charge on any atom is -0.404 e. The topological polar surface area (TPSA) is 41.6 Å². The summed E-state index contributed by atoms with van der Waals surface area (Å²) in [5, 5.41) is 2.66. The lowest BCUT2D eigenvalue weighted by atomic mass is 10.3. The molecule has 0 unspecified atom stereocenters. The minimum absolute atomic E-state index is 0.0194. The van der Waals surface area contributed by atoms with Crippen LogP contribution in [0, 0.1) is 0 Å². The second-order valence-corrected chi connectivity index (χ2v) is 4.50. The highest BCUT2D eigenvalue weighted by atomic mass is 19.4. The first-order chi connectivity index (χ1) is 9.20. The number of halogens is 3. The molecule has 1 aromatic rings. The van der Waals surface area contributed by atoms with Crippen molar-refractivity contribution in [2.45, 2.75) is 26.3 Å². The van der Waals surface area contributed by atoms with E-state index in [1.54, 1.807) is 13.1 Å². The number of nitrogens with one attached hydrogen (secondary N) is 1. The van der Waals surface area contributed by atoms with Crippen molar-refractivity contribution in [2.75, 3.05) is 18.9 Å². The average Bonchev–Trinajstić information content (AvgIpc) is 2.34. The number of anilines is 1. The maximum Gasteiger partial charge on any atom is 0.573 e. The number of hydrogen-bond acceptors (Lipinski definition) is 3. The molecule has 1 N–H and O–H groups in total. The lowest BCUT2D eigenvalue weighted by Crippen LogP contribution is -2.37. The van der Waals surface area contributed by atoms with Crippen LogP contribution in [0.2, 0.25) is 0 Å². The molecule has 0 saturated heterocycles. The molecule has 0 fully saturated rings. The molecule has 0 radical (unpaired) electrons. The Morgan fingerprint density at radius 3 is 2.50 bits per heavy atom. The van der Waals surface area contributed by atoms with Crippen molar-refractivity contribution < 1.29 is 22.7 Å². The summed E-state index contributed by atoms with van der Waals surface area (Å²) in [6, 6.07) is 5.61. The van der Waals surface area contributed by atoms with Crippen LogP contribution in [0.1, 0.15) is 13.8 Å². The zero-order valence-corrected chi connectivity index (χ0v) is 11.5. The summed E-state index contributed by atoms with van der Waals surface area (Å²) in [6.07, 6.45) is -4.77. The molecule has 0 aromatic heterocycles. The number of nitrogens with zero attached hydrogens (tertiary/aromatic N) is 1. The largest absolute Gasteiger partial charge is 0.573 e. The fourth-order valence-corrected chi connectivity index (χ4v) is 1.41. The highest BCUT2D eigenvalue weighted by Crippen LogP contribution is 2.29. The van der Waals surface area contributed by atoms with Gasteiger partial charge in [-0.05, 0) is 26.0 Å². The molecule has 0 spiro atoms. The summed E-state index contributed by atoms with van der Waals surface area (Å²) in [5.74, 6) is -0.582. The van der Waals surface area contributed by atoms with Gasteiger partial charge in [-0.25, -0.2) is 0 Å². The van der Waals surface area contributed by atoms with E-state index in [0.717, 1.165) is 0 Å². The van der Waals surface area contributed by atoms with E-state index in [1.165, 1.54) is 23.1 Å². The zero-order valence-electron chi connectivity index (χ0n) is 11.5. The van der Waals surface area contributed by atoms with E-state index >= 15 is 0 Å². The van der Waals surface area contributed by atoms with Crippen LogP contribution in [0.5, 0.6) is 5.75 Å². The quantitative estimate of drug-likeness (QED) is 0.906. The summed E-state index contributed by atoms with van der Waals surface area (Å²) in [4.78, 5) is 13.3. The molecule has 0 saturated carbocycles. The van der Waals surface area contributed by atoms with Crippen LogP contribution in [0.3, 0.4) is 0 Å². The molecule has 0 bridgehead atoms. The van der Waals surface area contributed by atoms with Gasteiger partial charge >= 0.3 is 6.36 Å². The molecule has 7 heteroatoms. The molecule has 0 heterocycles. The molecule has 0 aliphatic heterocycles. The van der Waals surface area contributed by atoms with Gasteiger partial charge in [0.25, 0.3) is 0 Å². The van der Waals surface area contributed by atoms with Crippen molar-refractivity contribution in [3.63, 3.8) is 0 Å². The van der Waals surface area contributed by atoms with Crippen molar-refractivity contribution in [3.05, 3.63) is 24.3 Å². The fraction of sp³-hybridized carbons (Fsp3) is 0.462. The molecule has 112 valence electrons. The lowest BCUT2D eigenvalue weighted by molar-refractivity contribution is -0.274. The normalized spacial score (nSPS) is 11.3. The SMILES string of the molecule is CC(C)N(C)C(=O)CNc1ccccc1OC(F)(F)F. The van der Waals surface area contributed by atoms with Gasteiger partial charge in [0.15, 0.2) is 5.75 Å². The molecule has 1 amide bonds. The molecule has 0 aliphatic carbocycles. The second-order valence-electron chi connectivity index (χ2n) is 4.50. The first-order valence-electron chi connectivity index (χ1n) is 6.05. The number of benzene rings is 1. The third kappa shape index (κ3) is 4.99. The first kappa shape index (κ1) is 16.1. The minimum atomic E-state index is -4.77. The van der Waals surface area contributed by atoms with Crippen molar-refractivity contribution >= 4 is 11.6 Å². The Morgan fingerprint density at radius 1 is 1.35 bits per heavy atom. The Morgan fingerprint density at radius 2 is 1.95 bits per heavy atom. The highest BCUT2D eigenvalue weighted by Gasteiger charge is 2.32. The van der Waals surface area contributed by atoms with Crippen molar-refractivity contribution in [2.24, 2.45) is 0 Å². The van der Waals surface area contributed by atoms with E-state index in [9.17, 15) is 18.0 Å². The Labute approximate surface area is 115 Å². The van der Waals surface area contributed by atoms with Crippen LogP contribution in [0.15, 0.2) is 24.3 Å². The maximum absolute atomic E-state index is 12.2. The Balaban J connectivity index is 2.71. The van der Waals surface area contributed by atoms with E-state index in [-0.39, 0.29) is 29.9 Å². The smallest absolute Gasteiger partial charge is 0.404 e. The summed E-state index contributed by atoms with van der Waals surface area (Å²) < 4.78 is 40.6. The predicted octanol–water partition coefficient (Wildman–Crippen LogP) is 2.86. The van der Waals surface area contributed by atoms with Crippen LogP contribution >= 0.6 is 0 Å². The van der Waals surface area contributed by atoms with Crippen LogP contribution in [0.25, 0.3) is 0 Å². The fourth-order valence-electron chi connectivity index (χ4n) is 1.41. The van der Waals surface area contributed by atoms with E-state index in [1.807, 2.05) is 13.8 Å². The second kappa shape index (κ2) is 6.49. The number of carbonyl (C=O) groups is 1. The van der Waals surface area contributed by atoms with Gasteiger partial charge in [-0.1, -0.05) is 12.1 Å². The Kier molecular flexibility index (Phi) is 5.24. The molecule has 4 nitrogen and oxygen atoms in total. The molecule has 0 aliphatic rings. The van der Waals surface area contributed by atoms with Gasteiger partial charge in [-0.2, -0.15) is 0 Å². The Hall–Kier alpha value is -1.92. The van der Waals surface area contributed by atoms with Crippen molar-refractivity contribution in [3.8, 4) is 5.75 Å². The summed E-state index contributed by atoms with van der Waals surface area (Å²) in [7, 11) is 1.63. The van der Waals surface area contributed by atoms with Gasteiger partial charge in [0.1, 0.15) is 0 Å². The molecule has 20 heavy (non-hydrogen) atoms. The third-order valence-corrected chi connectivity index (χ3v) is 2.71. The summed E-state index contributed by atoms with van der Waals surface area (Å²) in [6.45, 7) is 3.59. The first-order valence-corrected chi connectivity index (χ1v) is 6.05. The van der Waals surface area contributed by atoms with E-state index < -0.39 is 6.36 Å². The highest BCUT2D eigenvalue weighted by molar-refractivity contribution is 5.81. The van der Waals surface area contributed by atoms with Crippen molar-refractivity contribution in [1.29, 1.82) is 0 Å². The van der Waals surface area contributed by atoms with E-state index in [0.29, 0.717) is 0 Å². The van der Waals surface area contributed by atoms with Crippen LogP contribution in [0.4, 0.5) is 18.9 Å². The van der Waals surface area contributed by atoms with E-state index in [4.69, 9.17) is 0 Å². The monoisotopic (exact) mass is 290 g/mol. The molecule has 1 rings (SSSR count).